The minimum atomic E-state index is -1.33. The van der Waals surface area contributed by atoms with E-state index in [1.54, 1.807) is 18.2 Å². The fourth-order valence-electron chi connectivity index (χ4n) is 3.68. The zero-order chi connectivity index (χ0) is 22.7. The number of ketones is 1. The summed E-state index contributed by atoms with van der Waals surface area (Å²) in [6, 6.07) is 4.72. The van der Waals surface area contributed by atoms with Crippen molar-refractivity contribution in [3.63, 3.8) is 0 Å². The van der Waals surface area contributed by atoms with Gasteiger partial charge in [-0.3, -0.25) is 9.59 Å². The van der Waals surface area contributed by atoms with Crippen LogP contribution < -0.4 is 15.3 Å². The molecule has 4 N–H and O–H groups in total. The van der Waals surface area contributed by atoms with E-state index in [2.05, 4.69) is 20.9 Å². The van der Waals surface area contributed by atoms with Crippen molar-refractivity contribution in [1.82, 2.24) is 25.6 Å². The van der Waals surface area contributed by atoms with Gasteiger partial charge < -0.3 is 25.4 Å². The van der Waals surface area contributed by atoms with E-state index < -0.39 is 13.1 Å². The van der Waals surface area contributed by atoms with Crippen LogP contribution in [0, 0.1) is 0 Å². The number of aromatic carboxylic acids is 1. The second-order valence-corrected chi connectivity index (χ2v) is 7.72. The normalized spacial score (nSPS) is 17.3. The van der Waals surface area contributed by atoms with E-state index in [1.165, 1.54) is 16.9 Å². The van der Waals surface area contributed by atoms with Crippen LogP contribution >= 0.6 is 0 Å². The van der Waals surface area contributed by atoms with Crippen LogP contribution in [-0.4, -0.2) is 69.0 Å². The number of carboxylic acid groups (broad SMARTS) is 1. The molecule has 2 aliphatic heterocycles. The number of carbonyl (C=O) groups is 3. The maximum Gasteiger partial charge on any atom is 0.555 e. The van der Waals surface area contributed by atoms with Gasteiger partial charge in [-0.05, 0) is 30.9 Å². The van der Waals surface area contributed by atoms with E-state index in [0.717, 1.165) is 13.0 Å². The van der Waals surface area contributed by atoms with Crippen molar-refractivity contribution in [1.29, 1.82) is 0 Å². The Labute approximate surface area is 183 Å². The predicted molar refractivity (Wildman–Crippen MR) is 113 cm³/mol. The van der Waals surface area contributed by atoms with Crippen LogP contribution in [-0.2, 0) is 11.3 Å². The van der Waals surface area contributed by atoms with Crippen molar-refractivity contribution in [2.45, 2.75) is 31.8 Å². The molecule has 2 aliphatic rings. The van der Waals surface area contributed by atoms with E-state index in [-0.39, 0.29) is 54.1 Å². The minimum absolute atomic E-state index is 0.0388. The fraction of sp³-hybridized carbons (Fsp3) is 0.350. The largest absolute Gasteiger partial charge is 0.555 e. The summed E-state index contributed by atoms with van der Waals surface area (Å²) in [5.74, 6) is -1.55. The second-order valence-electron chi connectivity index (χ2n) is 7.72. The quantitative estimate of drug-likeness (QED) is 0.413. The number of carboxylic acids is 1. The summed E-state index contributed by atoms with van der Waals surface area (Å²) in [6.45, 7) is 1.51. The van der Waals surface area contributed by atoms with Gasteiger partial charge in [0.05, 0.1) is 6.20 Å². The second kappa shape index (κ2) is 9.33. The first kappa shape index (κ1) is 21.7. The van der Waals surface area contributed by atoms with Gasteiger partial charge in [-0.25, -0.2) is 9.48 Å². The number of amides is 1. The third-order valence-electron chi connectivity index (χ3n) is 5.36. The summed E-state index contributed by atoms with van der Waals surface area (Å²) < 4.78 is 6.70. The number of fused-ring (bicyclic) bond motifs is 1. The molecule has 1 aromatic carbocycles. The van der Waals surface area contributed by atoms with Gasteiger partial charge >= 0.3 is 13.1 Å². The Morgan fingerprint density at radius 1 is 1.34 bits per heavy atom. The molecule has 0 saturated carbocycles. The highest BCUT2D eigenvalue weighted by Crippen LogP contribution is 2.32. The van der Waals surface area contributed by atoms with E-state index in [4.69, 9.17) is 4.65 Å². The number of hydrogen-bond donors (Lipinski definition) is 4. The smallest absolute Gasteiger partial charge is 0.532 e. The topological polar surface area (TPSA) is 156 Å². The van der Waals surface area contributed by atoms with Crippen molar-refractivity contribution in [2.24, 2.45) is 0 Å². The predicted octanol–water partition coefficient (Wildman–Crippen LogP) is -0.0870. The van der Waals surface area contributed by atoms with Gasteiger partial charge in [0.2, 0.25) is 0 Å². The Balaban J connectivity index is 1.33. The average Bonchev–Trinajstić information content (AvgIpc) is 3.44. The Bertz CT molecular complexity index is 1080. The molecular formula is C20H22BN5O6. The molecule has 1 atom stereocenters. The summed E-state index contributed by atoms with van der Waals surface area (Å²) in [5, 5.41) is 33.2. The monoisotopic (exact) mass is 439 g/mol. The maximum absolute atomic E-state index is 12.4. The number of benzene rings is 1. The van der Waals surface area contributed by atoms with Crippen LogP contribution in [0.25, 0.3) is 6.08 Å². The lowest BCUT2D eigenvalue weighted by Gasteiger charge is -2.21. The van der Waals surface area contributed by atoms with E-state index in [1.807, 2.05) is 0 Å². The molecule has 3 heterocycles. The third-order valence-corrected chi connectivity index (χ3v) is 5.36. The molecule has 2 aromatic rings. The highest BCUT2D eigenvalue weighted by atomic mass is 16.5. The molecule has 166 valence electrons. The number of aromatic nitrogens is 3. The van der Waals surface area contributed by atoms with Gasteiger partial charge in [0.25, 0.3) is 5.91 Å². The lowest BCUT2D eigenvalue weighted by Crippen LogP contribution is -2.36. The van der Waals surface area contributed by atoms with Crippen molar-refractivity contribution >= 4 is 30.9 Å². The molecule has 32 heavy (non-hydrogen) atoms. The number of para-hydroxylation sites is 1. The molecule has 0 unspecified atom stereocenters. The SMILES string of the molecule is O=C(CCC1=Cc2cccc(C(=O)O)c2OB1O)Cn1cc(C(=O)N[C@@H]2CCNC2)nn1. The summed E-state index contributed by atoms with van der Waals surface area (Å²) in [6.07, 6.45) is 4.25. The third kappa shape index (κ3) is 4.87. The van der Waals surface area contributed by atoms with E-state index in [9.17, 15) is 24.5 Å². The number of carbonyl (C=O) groups excluding carboxylic acids is 2. The summed E-state index contributed by atoms with van der Waals surface area (Å²) >= 11 is 0. The number of Topliss-reactive ketones (excluding diaryl/α,β-unsaturated/α-hetero) is 1. The number of allylic oxidation sites excluding steroid dienone is 1. The van der Waals surface area contributed by atoms with E-state index in [0.29, 0.717) is 17.6 Å². The molecule has 1 aromatic heterocycles. The molecular weight excluding hydrogens is 417 g/mol. The highest BCUT2D eigenvalue weighted by Gasteiger charge is 2.30. The van der Waals surface area contributed by atoms with Crippen molar-refractivity contribution in [2.75, 3.05) is 13.1 Å². The highest BCUT2D eigenvalue weighted by molar-refractivity contribution is 6.55. The van der Waals surface area contributed by atoms with Crippen LogP contribution in [0.3, 0.4) is 0 Å². The molecule has 0 spiro atoms. The van der Waals surface area contributed by atoms with Gasteiger partial charge in [0.1, 0.15) is 17.9 Å². The minimum Gasteiger partial charge on any atom is -0.532 e. The molecule has 1 fully saturated rings. The molecule has 4 rings (SSSR count). The van der Waals surface area contributed by atoms with E-state index >= 15 is 0 Å². The van der Waals surface area contributed by atoms with Gasteiger partial charge in [-0.2, -0.15) is 0 Å². The molecule has 0 bridgehead atoms. The van der Waals surface area contributed by atoms with Crippen LogP contribution in [0.2, 0.25) is 0 Å². The number of nitrogens with one attached hydrogen (secondary N) is 2. The first-order valence-corrected chi connectivity index (χ1v) is 10.3. The Morgan fingerprint density at radius 3 is 2.94 bits per heavy atom. The van der Waals surface area contributed by atoms with Crippen molar-refractivity contribution < 1.29 is 29.2 Å². The molecule has 1 amide bonds. The molecule has 11 nitrogen and oxygen atoms in total. The lowest BCUT2D eigenvalue weighted by atomic mass is 9.72. The van der Waals surface area contributed by atoms with Gasteiger partial charge in [0, 0.05) is 24.6 Å². The number of rotatable bonds is 8. The first-order chi connectivity index (χ1) is 15.4. The zero-order valence-electron chi connectivity index (χ0n) is 17.2. The first-order valence-electron chi connectivity index (χ1n) is 10.3. The van der Waals surface area contributed by atoms with Gasteiger partial charge in [-0.1, -0.05) is 23.4 Å². The Morgan fingerprint density at radius 2 is 2.19 bits per heavy atom. The molecule has 0 radical (unpaired) electrons. The van der Waals surface area contributed by atoms with Crippen LogP contribution in [0.4, 0.5) is 0 Å². The Kier molecular flexibility index (Phi) is 6.33. The van der Waals surface area contributed by atoms with Gasteiger partial charge in [-0.15, -0.1) is 5.10 Å². The molecule has 12 heteroatoms. The van der Waals surface area contributed by atoms with Crippen molar-refractivity contribution in [3.05, 3.63) is 46.7 Å². The van der Waals surface area contributed by atoms with Crippen molar-refractivity contribution in [3.8, 4) is 5.75 Å². The lowest BCUT2D eigenvalue weighted by molar-refractivity contribution is -0.119. The zero-order valence-corrected chi connectivity index (χ0v) is 17.2. The Hall–Kier alpha value is -3.51. The standard InChI is InChI=1S/C20H22BN5O6/c27-15(10-26-11-17(24-25-26)19(28)23-14-6-7-22-9-14)5-4-13-8-12-2-1-3-16(20(29)30)18(12)32-21(13)31/h1-3,8,11,14,22,31H,4-7,9-10H2,(H,23,28)(H,29,30)/t14-/m1/s1. The summed E-state index contributed by atoms with van der Waals surface area (Å²) in [4.78, 5) is 35.9. The summed E-state index contributed by atoms with van der Waals surface area (Å²) in [7, 11) is -1.33. The number of hydrogen-bond acceptors (Lipinski definition) is 8. The average molecular weight is 439 g/mol. The van der Waals surface area contributed by atoms with Gasteiger partial charge in [0.15, 0.2) is 11.5 Å². The van der Waals surface area contributed by atoms with Crippen LogP contribution in [0.5, 0.6) is 5.75 Å². The van der Waals surface area contributed by atoms with Crippen LogP contribution in [0.1, 0.15) is 45.7 Å². The molecule has 0 aliphatic carbocycles. The fourth-order valence-corrected chi connectivity index (χ4v) is 3.68. The molecule has 1 saturated heterocycles. The number of nitrogens with zero attached hydrogens (tertiary/aromatic N) is 3. The maximum atomic E-state index is 12.4. The van der Waals surface area contributed by atoms with Crippen LogP contribution in [0.15, 0.2) is 29.9 Å². The summed E-state index contributed by atoms with van der Waals surface area (Å²) in [5.41, 5.74) is 1.11.